The highest BCUT2D eigenvalue weighted by Crippen LogP contribution is 2.36. The Morgan fingerprint density at radius 3 is 2.71 bits per heavy atom. The molecular formula is C19H21NO3S. The Morgan fingerprint density at radius 1 is 1.21 bits per heavy atom. The van der Waals surface area contributed by atoms with Gasteiger partial charge in [0.25, 0.3) is 5.91 Å². The molecule has 2 N–H and O–H groups in total. The van der Waals surface area contributed by atoms with Gasteiger partial charge in [-0.05, 0) is 36.1 Å². The van der Waals surface area contributed by atoms with Gasteiger partial charge >= 0.3 is 0 Å². The van der Waals surface area contributed by atoms with Crippen molar-refractivity contribution in [3.05, 3.63) is 65.2 Å². The molecule has 4 nitrogen and oxygen atoms in total. The lowest BCUT2D eigenvalue weighted by Gasteiger charge is -2.24. The molecule has 0 unspecified atom stereocenters. The van der Waals surface area contributed by atoms with E-state index in [0.29, 0.717) is 22.6 Å². The second-order valence-corrected chi connectivity index (χ2v) is 7.71. The average molecular weight is 343 g/mol. The minimum absolute atomic E-state index is 0.149. The second-order valence-electron chi connectivity index (χ2n) is 6.00. The van der Waals surface area contributed by atoms with Crippen LogP contribution in [0.2, 0.25) is 0 Å². The lowest BCUT2D eigenvalue weighted by atomic mass is 9.96. The van der Waals surface area contributed by atoms with E-state index >= 15 is 0 Å². The molecule has 0 fully saturated rings. The second kappa shape index (κ2) is 6.87. The molecule has 2 aromatic rings. The number of carbonyl (C=O) groups excluding carboxylic acids is 1. The Balaban J connectivity index is 1.77. The van der Waals surface area contributed by atoms with Crippen molar-refractivity contribution in [2.24, 2.45) is 0 Å². The standard InChI is InChI=1S/C19H21NO3S/c1-2-24(23)17-10-6-4-8-15(17)18(21)20-13-19(22)12-11-14-7-3-5-9-16(14)19/h3-10,22H,2,11-13H2,1H3,(H,20,21)/t19-,24-/m1/s1. The van der Waals surface area contributed by atoms with Crippen LogP contribution < -0.4 is 5.32 Å². The van der Waals surface area contributed by atoms with Crippen LogP contribution in [-0.4, -0.2) is 27.5 Å². The van der Waals surface area contributed by atoms with Crippen molar-refractivity contribution in [3.8, 4) is 0 Å². The lowest BCUT2D eigenvalue weighted by Crippen LogP contribution is -2.39. The number of rotatable bonds is 5. The summed E-state index contributed by atoms with van der Waals surface area (Å²) in [4.78, 5) is 13.1. The first-order valence-electron chi connectivity index (χ1n) is 8.11. The highest BCUT2D eigenvalue weighted by Gasteiger charge is 2.36. The van der Waals surface area contributed by atoms with Crippen LogP contribution in [0.3, 0.4) is 0 Å². The Labute approximate surface area is 144 Å². The highest BCUT2D eigenvalue weighted by atomic mass is 32.2. The third kappa shape index (κ3) is 3.14. The molecule has 3 rings (SSSR count). The van der Waals surface area contributed by atoms with Crippen LogP contribution in [0, 0.1) is 0 Å². The summed E-state index contributed by atoms with van der Waals surface area (Å²) in [5.41, 5.74) is 1.38. The Hall–Kier alpha value is -1.98. The summed E-state index contributed by atoms with van der Waals surface area (Å²) in [7, 11) is -1.20. The van der Waals surface area contributed by atoms with Gasteiger partial charge in [0.2, 0.25) is 0 Å². The molecule has 0 bridgehead atoms. The molecule has 126 valence electrons. The summed E-state index contributed by atoms with van der Waals surface area (Å²) >= 11 is 0. The molecule has 5 heteroatoms. The third-order valence-corrected chi connectivity index (χ3v) is 5.88. The van der Waals surface area contributed by atoms with Gasteiger partial charge in [0.1, 0.15) is 5.60 Å². The van der Waals surface area contributed by atoms with Crippen molar-refractivity contribution in [1.82, 2.24) is 5.32 Å². The van der Waals surface area contributed by atoms with E-state index in [9.17, 15) is 14.1 Å². The first-order valence-corrected chi connectivity index (χ1v) is 9.43. The fourth-order valence-electron chi connectivity index (χ4n) is 3.18. The quantitative estimate of drug-likeness (QED) is 0.876. The van der Waals surface area contributed by atoms with Crippen molar-refractivity contribution in [2.75, 3.05) is 12.3 Å². The van der Waals surface area contributed by atoms with Crippen LogP contribution >= 0.6 is 0 Å². The van der Waals surface area contributed by atoms with E-state index in [-0.39, 0.29) is 12.5 Å². The lowest BCUT2D eigenvalue weighted by molar-refractivity contribution is 0.0369. The van der Waals surface area contributed by atoms with Crippen molar-refractivity contribution in [3.63, 3.8) is 0 Å². The molecule has 0 radical (unpaired) electrons. The maximum Gasteiger partial charge on any atom is 0.252 e. The van der Waals surface area contributed by atoms with E-state index in [1.54, 1.807) is 24.3 Å². The number of hydrogen-bond acceptors (Lipinski definition) is 3. The predicted molar refractivity (Wildman–Crippen MR) is 94.4 cm³/mol. The van der Waals surface area contributed by atoms with E-state index in [1.807, 2.05) is 31.2 Å². The highest BCUT2D eigenvalue weighted by molar-refractivity contribution is 7.85. The zero-order valence-corrected chi connectivity index (χ0v) is 14.4. The molecule has 0 aliphatic heterocycles. The minimum Gasteiger partial charge on any atom is -0.383 e. The summed E-state index contributed by atoms with van der Waals surface area (Å²) in [5, 5.41) is 13.7. The van der Waals surface area contributed by atoms with Gasteiger partial charge in [0.15, 0.2) is 0 Å². The van der Waals surface area contributed by atoms with E-state index in [0.717, 1.165) is 17.5 Å². The molecular weight excluding hydrogens is 322 g/mol. The minimum atomic E-state index is -1.20. The van der Waals surface area contributed by atoms with Crippen molar-refractivity contribution in [1.29, 1.82) is 0 Å². The number of aryl methyl sites for hydroxylation is 1. The normalized spacial score (nSPS) is 20.4. The summed E-state index contributed by atoms with van der Waals surface area (Å²) < 4.78 is 12.1. The van der Waals surface area contributed by atoms with Gasteiger partial charge in [-0.3, -0.25) is 9.00 Å². The van der Waals surface area contributed by atoms with Gasteiger partial charge in [-0.1, -0.05) is 43.3 Å². The number of fused-ring (bicyclic) bond motifs is 1. The molecule has 2 aromatic carbocycles. The number of amides is 1. The first kappa shape index (κ1) is 16.9. The fourth-order valence-corrected chi connectivity index (χ4v) is 4.13. The van der Waals surface area contributed by atoms with Gasteiger partial charge in [-0.2, -0.15) is 0 Å². The van der Waals surface area contributed by atoms with Gasteiger partial charge in [0, 0.05) is 5.75 Å². The number of benzene rings is 2. The molecule has 0 saturated heterocycles. The first-order chi connectivity index (χ1) is 11.5. The summed E-state index contributed by atoms with van der Waals surface area (Å²) in [6.07, 6.45) is 1.40. The number of nitrogens with one attached hydrogen (secondary N) is 1. The van der Waals surface area contributed by atoms with Crippen LogP contribution in [0.1, 0.15) is 34.8 Å². The molecule has 0 saturated carbocycles. The van der Waals surface area contributed by atoms with E-state index < -0.39 is 16.4 Å². The van der Waals surface area contributed by atoms with Gasteiger partial charge in [0.05, 0.1) is 27.8 Å². The molecule has 2 atom stereocenters. The van der Waals surface area contributed by atoms with Crippen LogP contribution in [-0.2, 0) is 22.8 Å². The fraction of sp³-hybridized carbons (Fsp3) is 0.316. The molecule has 24 heavy (non-hydrogen) atoms. The van der Waals surface area contributed by atoms with Crippen LogP contribution in [0.15, 0.2) is 53.4 Å². The van der Waals surface area contributed by atoms with E-state index in [4.69, 9.17) is 0 Å². The summed E-state index contributed by atoms with van der Waals surface area (Å²) in [6.45, 7) is 1.97. The predicted octanol–water partition coefficient (Wildman–Crippen LogP) is 2.38. The Morgan fingerprint density at radius 2 is 1.92 bits per heavy atom. The van der Waals surface area contributed by atoms with Crippen LogP contribution in [0.25, 0.3) is 0 Å². The third-order valence-electron chi connectivity index (χ3n) is 4.51. The summed E-state index contributed by atoms with van der Waals surface area (Å²) in [5.74, 6) is 0.159. The van der Waals surface area contributed by atoms with Gasteiger partial charge < -0.3 is 10.4 Å². The van der Waals surface area contributed by atoms with Crippen LogP contribution in [0.4, 0.5) is 0 Å². The van der Waals surface area contributed by atoms with Gasteiger partial charge in [-0.25, -0.2) is 0 Å². The van der Waals surface area contributed by atoms with Crippen LogP contribution in [0.5, 0.6) is 0 Å². The molecule has 1 amide bonds. The molecule has 0 aromatic heterocycles. The molecule has 0 spiro atoms. The maximum absolute atomic E-state index is 12.5. The summed E-state index contributed by atoms with van der Waals surface area (Å²) in [6, 6.07) is 14.7. The van der Waals surface area contributed by atoms with Crippen molar-refractivity contribution >= 4 is 16.7 Å². The maximum atomic E-state index is 12.5. The Kier molecular flexibility index (Phi) is 4.83. The van der Waals surface area contributed by atoms with Crippen molar-refractivity contribution in [2.45, 2.75) is 30.3 Å². The van der Waals surface area contributed by atoms with Crippen molar-refractivity contribution < 1.29 is 14.1 Å². The largest absolute Gasteiger partial charge is 0.383 e. The molecule has 0 heterocycles. The monoisotopic (exact) mass is 343 g/mol. The Bertz CT molecular complexity index is 790. The number of carbonyl (C=O) groups is 1. The van der Waals surface area contributed by atoms with Gasteiger partial charge in [-0.15, -0.1) is 0 Å². The molecule has 1 aliphatic carbocycles. The zero-order valence-electron chi connectivity index (χ0n) is 13.6. The number of aliphatic hydroxyl groups is 1. The topological polar surface area (TPSA) is 66.4 Å². The van der Waals surface area contributed by atoms with E-state index in [1.165, 1.54) is 0 Å². The zero-order chi connectivity index (χ0) is 17.2. The SMILES string of the molecule is CC[S@@](=O)c1ccccc1C(=O)NC[C@]1(O)CCc2ccccc21. The smallest absolute Gasteiger partial charge is 0.252 e. The average Bonchev–Trinajstić information content (AvgIpc) is 2.97. The molecule has 1 aliphatic rings. The van der Waals surface area contributed by atoms with E-state index in [2.05, 4.69) is 5.32 Å². The number of hydrogen-bond donors (Lipinski definition) is 2.